The molecule has 2 rings (SSSR count). The molecule has 0 fully saturated rings. The molecule has 5 nitrogen and oxygen atoms in total. The summed E-state index contributed by atoms with van der Waals surface area (Å²) in [4.78, 5) is 23.8. The molecular weight excluding hydrogens is 304 g/mol. The average Bonchev–Trinajstić information content (AvgIpc) is 2.51. The number of hydrogen-bond donors (Lipinski definition) is 3. The smallest absolute Gasteiger partial charge is 0.313 e. The molecular formula is C19H22N2O3. The van der Waals surface area contributed by atoms with Crippen molar-refractivity contribution in [1.29, 1.82) is 0 Å². The zero-order valence-corrected chi connectivity index (χ0v) is 14.1. The lowest BCUT2D eigenvalue weighted by atomic mass is 10.0. The van der Waals surface area contributed by atoms with Crippen LogP contribution in [0.3, 0.4) is 0 Å². The number of nitrogens with one attached hydrogen (secondary N) is 2. The molecule has 5 heteroatoms. The van der Waals surface area contributed by atoms with Crippen molar-refractivity contribution in [2.75, 3.05) is 11.9 Å². The molecule has 0 saturated carbocycles. The zero-order valence-electron chi connectivity index (χ0n) is 14.1. The topological polar surface area (TPSA) is 78.4 Å². The van der Waals surface area contributed by atoms with Crippen LogP contribution < -0.4 is 10.6 Å². The van der Waals surface area contributed by atoms with E-state index in [0.29, 0.717) is 5.69 Å². The Morgan fingerprint density at radius 3 is 2.25 bits per heavy atom. The standard InChI is InChI=1S/C19H22N2O3/c1-12-8-13(2)10-15(9-12)21-19(24)18(23)20-11-17(22)16-7-5-4-6-14(16)3/h4-10,17,22H,11H2,1-3H3,(H,20,23)(H,21,24). The number of anilines is 1. The molecule has 0 aliphatic rings. The molecule has 0 radical (unpaired) electrons. The average molecular weight is 326 g/mol. The van der Waals surface area contributed by atoms with Gasteiger partial charge in [0.05, 0.1) is 6.10 Å². The minimum atomic E-state index is -0.857. The Bertz CT molecular complexity index is 736. The summed E-state index contributed by atoms with van der Waals surface area (Å²) < 4.78 is 0. The van der Waals surface area contributed by atoms with Crippen LogP contribution in [0.2, 0.25) is 0 Å². The minimum absolute atomic E-state index is 0.0239. The predicted octanol–water partition coefficient (Wildman–Crippen LogP) is 2.40. The summed E-state index contributed by atoms with van der Waals surface area (Å²) in [5.41, 5.74) is 4.24. The lowest BCUT2D eigenvalue weighted by Gasteiger charge is -2.14. The van der Waals surface area contributed by atoms with Crippen LogP contribution in [0.4, 0.5) is 5.69 Å². The van der Waals surface area contributed by atoms with E-state index in [1.54, 1.807) is 18.2 Å². The number of carbonyl (C=O) groups excluding carboxylic acids is 2. The first-order chi connectivity index (χ1) is 11.4. The van der Waals surface area contributed by atoms with Crippen LogP contribution in [-0.2, 0) is 9.59 Å². The van der Waals surface area contributed by atoms with E-state index in [-0.39, 0.29) is 6.54 Å². The number of aryl methyl sites for hydroxylation is 3. The number of carbonyl (C=O) groups is 2. The third-order valence-electron chi connectivity index (χ3n) is 3.69. The van der Waals surface area contributed by atoms with E-state index < -0.39 is 17.9 Å². The van der Waals surface area contributed by atoms with Gasteiger partial charge in [0.2, 0.25) is 0 Å². The van der Waals surface area contributed by atoms with Crippen molar-refractivity contribution in [3.8, 4) is 0 Å². The van der Waals surface area contributed by atoms with Crippen molar-refractivity contribution in [2.45, 2.75) is 26.9 Å². The van der Waals surface area contributed by atoms with Crippen molar-refractivity contribution < 1.29 is 14.7 Å². The van der Waals surface area contributed by atoms with Gasteiger partial charge in [-0.3, -0.25) is 9.59 Å². The molecule has 0 saturated heterocycles. The molecule has 1 unspecified atom stereocenters. The molecule has 2 aromatic carbocycles. The maximum atomic E-state index is 11.9. The fourth-order valence-corrected chi connectivity index (χ4v) is 2.57. The zero-order chi connectivity index (χ0) is 17.7. The maximum Gasteiger partial charge on any atom is 0.313 e. The van der Waals surface area contributed by atoms with E-state index in [9.17, 15) is 14.7 Å². The monoisotopic (exact) mass is 326 g/mol. The fraction of sp³-hybridized carbons (Fsp3) is 0.263. The summed E-state index contributed by atoms with van der Waals surface area (Å²) >= 11 is 0. The Morgan fingerprint density at radius 1 is 1.00 bits per heavy atom. The van der Waals surface area contributed by atoms with Crippen LogP contribution >= 0.6 is 0 Å². The van der Waals surface area contributed by atoms with Gasteiger partial charge in [-0.2, -0.15) is 0 Å². The summed E-state index contributed by atoms with van der Waals surface area (Å²) in [7, 11) is 0. The molecule has 0 aliphatic heterocycles. The SMILES string of the molecule is Cc1cc(C)cc(NC(=O)C(=O)NCC(O)c2ccccc2C)c1. The van der Waals surface area contributed by atoms with Crippen molar-refractivity contribution in [2.24, 2.45) is 0 Å². The van der Waals surface area contributed by atoms with Gasteiger partial charge in [0.25, 0.3) is 0 Å². The Kier molecular flexibility index (Phi) is 5.71. The molecule has 2 aromatic rings. The molecule has 0 spiro atoms. The van der Waals surface area contributed by atoms with Crippen molar-refractivity contribution in [3.63, 3.8) is 0 Å². The van der Waals surface area contributed by atoms with Crippen LogP contribution in [0.5, 0.6) is 0 Å². The highest BCUT2D eigenvalue weighted by Crippen LogP contribution is 2.16. The minimum Gasteiger partial charge on any atom is -0.387 e. The molecule has 2 amide bonds. The molecule has 0 aromatic heterocycles. The van der Waals surface area contributed by atoms with Crippen molar-refractivity contribution in [1.82, 2.24) is 5.32 Å². The predicted molar refractivity (Wildman–Crippen MR) is 93.7 cm³/mol. The number of aliphatic hydroxyl groups excluding tert-OH is 1. The summed E-state index contributed by atoms with van der Waals surface area (Å²) in [6.45, 7) is 5.69. The first kappa shape index (κ1) is 17.7. The molecule has 0 heterocycles. The summed E-state index contributed by atoms with van der Waals surface area (Å²) in [5, 5.41) is 15.2. The third-order valence-corrected chi connectivity index (χ3v) is 3.69. The van der Waals surface area contributed by atoms with Gasteiger partial charge in [-0.25, -0.2) is 0 Å². The van der Waals surface area contributed by atoms with E-state index in [4.69, 9.17) is 0 Å². The second-order valence-electron chi connectivity index (χ2n) is 5.91. The van der Waals surface area contributed by atoms with Gasteiger partial charge in [0, 0.05) is 12.2 Å². The largest absolute Gasteiger partial charge is 0.387 e. The summed E-state index contributed by atoms with van der Waals surface area (Å²) in [6, 6.07) is 12.9. The van der Waals surface area contributed by atoms with Gasteiger partial charge in [0.1, 0.15) is 0 Å². The maximum absolute atomic E-state index is 11.9. The number of benzene rings is 2. The molecule has 24 heavy (non-hydrogen) atoms. The highest BCUT2D eigenvalue weighted by atomic mass is 16.3. The van der Waals surface area contributed by atoms with E-state index in [2.05, 4.69) is 10.6 Å². The van der Waals surface area contributed by atoms with Gasteiger partial charge >= 0.3 is 11.8 Å². The van der Waals surface area contributed by atoms with Gasteiger partial charge in [0.15, 0.2) is 0 Å². The fourth-order valence-electron chi connectivity index (χ4n) is 2.57. The quantitative estimate of drug-likeness (QED) is 0.755. The lowest BCUT2D eigenvalue weighted by Crippen LogP contribution is -2.37. The van der Waals surface area contributed by atoms with Crippen molar-refractivity contribution >= 4 is 17.5 Å². The molecule has 0 bridgehead atoms. The normalized spacial score (nSPS) is 11.7. The van der Waals surface area contributed by atoms with Crippen LogP contribution in [0.25, 0.3) is 0 Å². The van der Waals surface area contributed by atoms with Gasteiger partial charge in [-0.05, 0) is 55.2 Å². The highest BCUT2D eigenvalue weighted by Gasteiger charge is 2.17. The molecule has 3 N–H and O–H groups in total. The van der Waals surface area contributed by atoms with Gasteiger partial charge < -0.3 is 15.7 Å². The van der Waals surface area contributed by atoms with E-state index in [0.717, 1.165) is 22.3 Å². The van der Waals surface area contributed by atoms with E-state index >= 15 is 0 Å². The second-order valence-corrected chi connectivity index (χ2v) is 5.91. The number of aliphatic hydroxyl groups is 1. The van der Waals surface area contributed by atoms with Crippen LogP contribution in [0.1, 0.15) is 28.4 Å². The van der Waals surface area contributed by atoms with Gasteiger partial charge in [-0.15, -0.1) is 0 Å². The lowest BCUT2D eigenvalue weighted by molar-refractivity contribution is -0.136. The van der Waals surface area contributed by atoms with E-state index in [1.165, 1.54) is 0 Å². The summed E-state index contributed by atoms with van der Waals surface area (Å²) in [6.07, 6.45) is -0.857. The third kappa shape index (κ3) is 4.67. The van der Waals surface area contributed by atoms with E-state index in [1.807, 2.05) is 45.0 Å². The first-order valence-electron chi connectivity index (χ1n) is 7.78. The Labute approximate surface area is 141 Å². The molecule has 126 valence electrons. The summed E-state index contributed by atoms with van der Waals surface area (Å²) in [5.74, 6) is -1.53. The first-order valence-corrected chi connectivity index (χ1v) is 7.78. The Morgan fingerprint density at radius 2 is 1.62 bits per heavy atom. The van der Waals surface area contributed by atoms with Crippen LogP contribution in [-0.4, -0.2) is 23.5 Å². The van der Waals surface area contributed by atoms with Crippen molar-refractivity contribution in [3.05, 3.63) is 64.7 Å². The Hall–Kier alpha value is -2.66. The molecule has 1 atom stereocenters. The number of hydrogen-bond acceptors (Lipinski definition) is 3. The molecule has 0 aliphatic carbocycles. The second kappa shape index (κ2) is 7.75. The van der Waals surface area contributed by atoms with Crippen LogP contribution in [0.15, 0.2) is 42.5 Å². The highest BCUT2D eigenvalue weighted by molar-refractivity contribution is 6.39. The van der Waals surface area contributed by atoms with Gasteiger partial charge in [-0.1, -0.05) is 30.3 Å². The van der Waals surface area contributed by atoms with Crippen LogP contribution in [0, 0.1) is 20.8 Å². The Balaban J connectivity index is 1.92. The number of rotatable bonds is 4. The number of amides is 2.